The Bertz CT molecular complexity index is 358. The molecule has 0 saturated carbocycles. The molecule has 0 spiro atoms. The number of carbonyl (C=O) groups is 1. The lowest BCUT2D eigenvalue weighted by Crippen LogP contribution is -2.32. The van der Waals surface area contributed by atoms with Gasteiger partial charge in [0.2, 0.25) is 0 Å². The fraction of sp³-hybridized carbons (Fsp3) is 0.500. The Labute approximate surface area is 99.0 Å². The van der Waals surface area contributed by atoms with Crippen LogP contribution in [0.5, 0.6) is 0 Å². The van der Waals surface area contributed by atoms with Crippen molar-refractivity contribution >= 4 is 17.5 Å². The van der Waals surface area contributed by atoms with Crippen LogP contribution in [-0.4, -0.2) is 33.8 Å². The van der Waals surface area contributed by atoms with E-state index < -0.39 is 6.04 Å². The van der Waals surface area contributed by atoms with E-state index in [0.717, 1.165) is 5.75 Å². The smallest absolute Gasteiger partial charge is 0.197 e. The molecule has 0 fully saturated rings. The van der Waals surface area contributed by atoms with Crippen LogP contribution in [0.4, 0.5) is 0 Å². The molecular weight excluding hydrogens is 224 g/mol. The van der Waals surface area contributed by atoms with Crippen LogP contribution in [0.3, 0.4) is 0 Å². The molecule has 0 radical (unpaired) electrons. The summed E-state index contributed by atoms with van der Waals surface area (Å²) in [6.45, 7) is 0.223. The van der Waals surface area contributed by atoms with E-state index in [-0.39, 0.29) is 12.3 Å². The minimum absolute atomic E-state index is 0.147. The second kappa shape index (κ2) is 6.57. The molecule has 1 aromatic heterocycles. The monoisotopic (exact) mass is 240 g/mol. The molecule has 0 aromatic carbocycles. The van der Waals surface area contributed by atoms with E-state index in [1.807, 2.05) is 6.26 Å². The number of hydrogen-bond donors (Lipinski definition) is 2. The third kappa shape index (κ3) is 3.55. The Morgan fingerprint density at radius 3 is 3.00 bits per heavy atom. The van der Waals surface area contributed by atoms with E-state index in [2.05, 4.69) is 9.97 Å². The van der Waals surface area contributed by atoms with Gasteiger partial charge in [0.05, 0.1) is 12.6 Å². The average Bonchev–Trinajstić information content (AvgIpc) is 2.35. The number of rotatable bonds is 6. The number of aromatic nitrogens is 2. The highest BCUT2D eigenvalue weighted by Crippen LogP contribution is 2.05. The van der Waals surface area contributed by atoms with Crippen LogP contribution in [0.15, 0.2) is 12.3 Å². The summed E-state index contributed by atoms with van der Waals surface area (Å²) in [5.41, 5.74) is 11.5. The van der Waals surface area contributed by atoms with Crippen molar-refractivity contribution in [2.24, 2.45) is 11.5 Å². The van der Waals surface area contributed by atoms with E-state index in [1.54, 1.807) is 17.8 Å². The molecule has 0 amide bonds. The summed E-state index contributed by atoms with van der Waals surface area (Å²) >= 11 is 1.67. The lowest BCUT2D eigenvalue weighted by atomic mass is 10.1. The highest BCUT2D eigenvalue weighted by Gasteiger charge is 2.16. The number of ketones is 1. The van der Waals surface area contributed by atoms with Crippen LogP contribution in [-0.2, 0) is 6.54 Å². The van der Waals surface area contributed by atoms with Crippen LogP contribution in [0, 0.1) is 0 Å². The zero-order valence-electron chi connectivity index (χ0n) is 9.22. The largest absolute Gasteiger partial charge is 0.324 e. The third-order valence-corrected chi connectivity index (χ3v) is 2.75. The maximum atomic E-state index is 11.9. The van der Waals surface area contributed by atoms with Gasteiger partial charge >= 0.3 is 0 Å². The first-order valence-electron chi connectivity index (χ1n) is 4.99. The van der Waals surface area contributed by atoms with Gasteiger partial charge in [0, 0.05) is 6.20 Å². The van der Waals surface area contributed by atoms with Crippen molar-refractivity contribution in [1.82, 2.24) is 9.97 Å². The van der Waals surface area contributed by atoms with Gasteiger partial charge in [-0.2, -0.15) is 11.8 Å². The fourth-order valence-corrected chi connectivity index (χ4v) is 1.69. The summed E-state index contributed by atoms with van der Waals surface area (Å²) in [5.74, 6) is 1.18. The topological polar surface area (TPSA) is 94.9 Å². The molecule has 0 aliphatic heterocycles. The molecule has 5 nitrogen and oxygen atoms in total. The fourth-order valence-electron chi connectivity index (χ4n) is 1.20. The van der Waals surface area contributed by atoms with E-state index in [9.17, 15) is 4.79 Å². The molecule has 1 aromatic rings. The zero-order chi connectivity index (χ0) is 12.0. The molecule has 0 aliphatic rings. The lowest BCUT2D eigenvalue weighted by molar-refractivity contribution is 0.0954. The quantitative estimate of drug-likeness (QED) is 0.690. The Morgan fingerprint density at radius 1 is 1.62 bits per heavy atom. The van der Waals surface area contributed by atoms with Crippen LogP contribution in [0.1, 0.15) is 22.7 Å². The number of thioether (sulfide) groups is 1. The minimum atomic E-state index is -0.493. The summed E-state index contributed by atoms with van der Waals surface area (Å²) in [6, 6.07) is 1.08. The molecule has 6 heteroatoms. The summed E-state index contributed by atoms with van der Waals surface area (Å²) in [5, 5.41) is 0. The summed E-state index contributed by atoms with van der Waals surface area (Å²) in [7, 11) is 0. The second-order valence-corrected chi connectivity index (χ2v) is 4.30. The van der Waals surface area contributed by atoms with Gasteiger partial charge in [-0.1, -0.05) is 0 Å². The number of nitrogens with two attached hydrogens (primary N) is 2. The molecule has 1 unspecified atom stereocenters. The molecule has 0 saturated heterocycles. The minimum Gasteiger partial charge on any atom is -0.324 e. The van der Waals surface area contributed by atoms with Gasteiger partial charge in [-0.25, -0.2) is 9.97 Å². The predicted molar refractivity (Wildman–Crippen MR) is 65.2 cm³/mol. The van der Waals surface area contributed by atoms with Crippen LogP contribution in [0.25, 0.3) is 0 Å². The van der Waals surface area contributed by atoms with E-state index in [4.69, 9.17) is 11.5 Å². The Kier molecular flexibility index (Phi) is 5.37. The number of carbonyl (C=O) groups excluding carboxylic acids is 1. The van der Waals surface area contributed by atoms with Crippen LogP contribution >= 0.6 is 11.8 Å². The van der Waals surface area contributed by atoms with Crippen LogP contribution < -0.4 is 11.5 Å². The SMILES string of the molecule is CSCCC(N)C(=O)c1ccnc(CN)n1. The first-order valence-corrected chi connectivity index (χ1v) is 6.39. The van der Waals surface area contributed by atoms with Crippen LogP contribution in [0.2, 0.25) is 0 Å². The summed E-state index contributed by atoms with van der Waals surface area (Å²) < 4.78 is 0. The summed E-state index contributed by atoms with van der Waals surface area (Å²) in [4.78, 5) is 19.8. The highest BCUT2D eigenvalue weighted by atomic mass is 32.2. The normalized spacial score (nSPS) is 12.4. The van der Waals surface area contributed by atoms with E-state index in [0.29, 0.717) is 17.9 Å². The lowest BCUT2D eigenvalue weighted by Gasteiger charge is -2.09. The third-order valence-electron chi connectivity index (χ3n) is 2.11. The second-order valence-electron chi connectivity index (χ2n) is 3.31. The predicted octanol–water partition coefficient (Wildman–Crippen LogP) is 0.198. The molecule has 0 bridgehead atoms. The van der Waals surface area contributed by atoms with Gasteiger partial charge in [0.25, 0.3) is 0 Å². The Balaban J connectivity index is 2.71. The molecule has 88 valence electrons. The molecular formula is C10H16N4OS. The molecule has 16 heavy (non-hydrogen) atoms. The first kappa shape index (κ1) is 13.1. The average molecular weight is 240 g/mol. The number of hydrogen-bond acceptors (Lipinski definition) is 6. The van der Waals surface area contributed by atoms with Crippen molar-refractivity contribution < 1.29 is 4.79 Å². The van der Waals surface area contributed by atoms with Crippen molar-refractivity contribution in [3.05, 3.63) is 23.8 Å². The van der Waals surface area contributed by atoms with Gasteiger partial charge < -0.3 is 11.5 Å². The van der Waals surface area contributed by atoms with Crippen molar-refractivity contribution in [3.63, 3.8) is 0 Å². The van der Waals surface area contributed by atoms with Crippen molar-refractivity contribution in [1.29, 1.82) is 0 Å². The first-order chi connectivity index (χ1) is 7.69. The highest BCUT2D eigenvalue weighted by molar-refractivity contribution is 7.98. The maximum absolute atomic E-state index is 11.9. The standard InChI is InChI=1S/C10H16N4OS/c1-16-5-3-7(12)10(15)8-2-4-13-9(6-11)14-8/h2,4,7H,3,5-6,11-12H2,1H3. The summed E-state index contributed by atoms with van der Waals surface area (Å²) in [6.07, 6.45) is 4.17. The van der Waals surface area contributed by atoms with Gasteiger partial charge in [-0.05, 0) is 24.5 Å². The maximum Gasteiger partial charge on any atom is 0.197 e. The molecule has 1 rings (SSSR count). The zero-order valence-corrected chi connectivity index (χ0v) is 10.0. The molecule has 0 aliphatic carbocycles. The van der Waals surface area contributed by atoms with E-state index in [1.165, 1.54) is 6.20 Å². The molecule has 4 N–H and O–H groups in total. The molecule has 1 atom stereocenters. The van der Waals surface area contributed by atoms with Gasteiger partial charge in [0.15, 0.2) is 5.78 Å². The van der Waals surface area contributed by atoms with Gasteiger partial charge in [-0.15, -0.1) is 0 Å². The number of Topliss-reactive ketones (excluding diaryl/α,β-unsaturated/α-hetero) is 1. The van der Waals surface area contributed by atoms with Crippen molar-refractivity contribution in [2.75, 3.05) is 12.0 Å². The van der Waals surface area contributed by atoms with E-state index >= 15 is 0 Å². The van der Waals surface area contributed by atoms with Crippen molar-refractivity contribution in [3.8, 4) is 0 Å². The number of nitrogens with zero attached hydrogens (tertiary/aromatic N) is 2. The Hall–Kier alpha value is -0.980. The Morgan fingerprint density at radius 2 is 2.38 bits per heavy atom. The van der Waals surface area contributed by atoms with Crippen molar-refractivity contribution in [2.45, 2.75) is 19.0 Å². The van der Waals surface area contributed by atoms with Gasteiger partial charge in [-0.3, -0.25) is 4.79 Å². The molecule has 1 heterocycles. The van der Waals surface area contributed by atoms with Gasteiger partial charge in [0.1, 0.15) is 11.5 Å².